The predicted octanol–water partition coefficient (Wildman–Crippen LogP) is 3.09. The molecule has 1 aromatic carbocycles. The first-order chi connectivity index (χ1) is 6.79. The molecule has 0 bridgehead atoms. The van der Waals surface area contributed by atoms with Gasteiger partial charge in [0.2, 0.25) is 0 Å². The summed E-state index contributed by atoms with van der Waals surface area (Å²) in [5.41, 5.74) is 2.92. The molecule has 1 nitrogen and oxygen atoms in total. The number of hydrogen-bond acceptors (Lipinski definition) is 1. The molecular formula is C12H16BrN. The molecule has 0 amide bonds. The average Bonchev–Trinajstić information content (AvgIpc) is 2.69. The molecule has 2 heteroatoms. The standard InChI is InChI=1S/C12H16BrN/c1-2-9-5-11(7-12(13)6-9)10-3-4-14-8-10/h5-7,10,14H,2-4,8H2,1H3. The van der Waals surface area contributed by atoms with Gasteiger partial charge in [0.15, 0.2) is 0 Å². The van der Waals surface area contributed by atoms with Crippen molar-refractivity contribution in [1.82, 2.24) is 5.32 Å². The Labute approximate surface area is 94.0 Å². The summed E-state index contributed by atoms with van der Waals surface area (Å²) in [4.78, 5) is 0. The SMILES string of the molecule is CCc1cc(Br)cc(C2CCNC2)c1. The Kier molecular flexibility index (Phi) is 3.24. The molecule has 1 unspecified atom stereocenters. The first kappa shape index (κ1) is 10.2. The minimum Gasteiger partial charge on any atom is -0.316 e. The highest BCUT2D eigenvalue weighted by atomic mass is 79.9. The summed E-state index contributed by atoms with van der Waals surface area (Å²) in [5.74, 6) is 0.720. The lowest BCUT2D eigenvalue weighted by Crippen LogP contribution is -2.08. The monoisotopic (exact) mass is 253 g/mol. The van der Waals surface area contributed by atoms with Gasteiger partial charge in [0, 0.05) is 11.0 Å². The number of benzene rings is 1. The van der Waals surface area contributed by atoms with E-state index >= 15 is 0 Å². The summed E-state index contributed by atoms with van der Waals surface area (Å²) in [6, 6.07) is 6.82. The quantitative estimate of drug-likeness (QED) is 0.855. The summed E-state index contributed by atoms with van der Waals surface area (Å²) >= 11 is 3.58. The minimum atomic E-state index is 0.720. The maximum Gasteiger partial charge on any atom is 0.0180 e. The molecule has 0 aliphatic carbocycles. The highest BCUT2D eigenvalue weighted by molar-refractivity contribution is 9.10. The van der Waals surface area contributed by atoms with E-state index < -0.39 is 0 Å². The molecule has 0 radical (unpaired) electrons. The van der Waals surface area contributed by atoms with Crippen LogP contribution in [0.2, 0.25) is 0 Å². The van der Waals surface area contributed by atoms with Crippen LogP contribution >= 0.6 is 15.9 Å². The van der Waals surface area contributed by atoms with E-state index in [1.165, 1.54) is 28.6 Å². The summed E-state index contributed by atoms with van der Waals surface area (Å²) in [6.45, 7) is 4.51. The average molecular weight is 254 g/mol. The molecule has 1 atom stereocenters. The maximum atomic E-state index is 3.58. The fraction of sp³-hybridized carbons (Fsp3) is 0.500. The molecule has 2 rings (SSSR count). The van der Waals surface area contributed by atoms with Crippen LogP contribution in [0.4, 0.5) is 0 Å². The van der Waals surface area contributed by atoms with E-state index in [-0.39, 0.29) is 0 Å². The second-order valence-corrected chi connectivity index (χ2v) is 4.85. The number of rotatable bonds is 2. The second kappa shape index (κ2) is 4.45. The molecule has 1 aliphatic rings. The number of nitrogens with one attached hydrogen (secondary N) is 1. The zero-order valence-electron chi connectivity index (χ0n) is 8.52. The third kappa shape index (κ3) is 2.18. The first-order valence-electron chi connectivity index (χ1n) is 5.29. The Bertz CT molecular complexity index is 316. The van der Waals surface area contributed by atoms with Crippen molar-refractivity contribution < 1.29 is 0 Å². The second-order valence-electron chi connectivity index (χ2n) is 3.94. The summed E-state index contributed by atoms with van der Waals surface area (Å²) < 4.78 is 1.22. The Morgan fingerprint density at radius 2 is 2.29 bits per heavy atom. The molecule has 0 spiro atoms. The van der Waals surface area contributed by atoms with Crippen LogP contribution in [0.15, 0.2) is 22.7 Å². The van der Waals surface area contributed by atoms with Gasteiger partial charge in [0.25, 0.3) is 0 Å². The van der Waals surface area contributed by atoms with Crippen molar-refractivity contribution in [2.24, 2.45) is 0 Å². The van der Waals surface area contributed by atoms with Crippen LogP contribution in [0.5, 0.6) is 0 Å². The lowest BCUT2D eigenvalue weighted by molar-refractivity contribution is 0.761. The minimum absolute atomic E-state index is 0.720. The molecule has 1 aliphatic heterocycles. The van der Waals surface area contributed by atoms with Crippen LogP contribution < -0.4 is 5.32 Å². The van der Waals surface area contributed by atoms with E-state index in [2.05, 4.69) is 46.4 Å². The van der Waals surface area contributed by atoms with Gasteiger partial charge in [-0.1, -0.05) is 28.9 Å². The van der Waals surface area contributed by atoms with Crippen molar-refractivity contribution in [3.05, 3.63) is 33.8 Å². The van der Waals surface area contributed by atoms with Crippen LogP contribution in [0.1, 0.15) is 30.4 Å². The molecule has 0 aromatic heterocycles. The van der Waals surface area contributed by atoms with Gasteiger partial charge in [0.05, 0.1) is 0 Å². The maximum absolute atomic E-state index is 3.58. The fourth-order valence-electron chi connectivity index (χ4n) is 2.05. The number of aryl methyl sites for hydroxylation is 1. The van der Waals surface area contributed by atoms with Crippen LogP contribution in [0.3, 0.4) is 0 Å². The van der Waals surface area contributed by atoms with E-state index in [1.807, 2.05) is 0 Å². The van der Waals surface area contributed by atoms with Crippen molar-refractivity contribution in [3.63, 3.8) is 0 Å². The zero-order chi connectivity index (χ0) is 9.97. The molecular weight excluding hydrogens is 238 g/mol. The van der Waals surface area contributed by atoms with E-state index in [1.54, 1.807) is 0 Å². The normalized spacial score (nSPS) is 21.4. The number of halogens is 1. The summed E-state index contributed by atoms with van der Waals surface area (Å²) in [5, 5.41) is 3.41. The molecule has 76 valence electrons. The molecule has 1 heterocycles. The van der Waals surface area contributed by atoms with Gasteiger partial charge in [0.1, 0.15) is 0 Å². The van der Waals surface area contributed by atoms with Crippen molar-refractivity contribution in [2.45, 2.75) is 25.7 Å². The summed E-state index contributed by atoms with van der Waals surface area (Å²) in [6.07, 6.45) is 2.40. The Hall–Kier alpha value is -0.340. The largest absolute Gasteiger partial charge is 0.316 e. The van der Waals surface area contributed by atoms with Crippen molar-refractivity contribution >= 4 is 15.9 Å². The Morgan fingerprint density at radius 3 is 2.93 bits per heavy atom. The van der Waals surface area contributed by atoms with Gasteiger partial charge in [-0.15, -0.1) is 0 Å². The zero-order valence-corrected chi connectivity index (χ0v) is 10.1. The lowest BCUT2D eigenvalue weighted by Gasteiger charge is -2.11. The van der Waals surface area contributed by atoms with Gasteiger partial charge < -0.3 is 5.32 Å². The van der Waals surface area contributed by atoms with Crippen LogP contribution in [0.25, 0.3) is 0 Å². The Morgan fingerprint density at radius 1 is 1.43 bits per heavy atom. The molecule has 1 saturated heterocycles. The predicted molar refractivity (Wildman–Crippen MR) is 63.7 cm³/mol. The third-order valence-corrected chi connectivity index (χ3v) is 3.38. The Balaban J connectivity index is 2.27. The highest BCUT2D eigenvalue weighted by Gasteiger charge is 2.16. The van der Waals surface area contributed by atoms with Gasteiger partial charge in [-0.3, -0.25) is 0 Å². The third-order valence-electron chi connectivity index (χ3n) is 2.92. The van der Waals surface area contributed by atoms with Gasteiger partial charge >= 0.3 is 0 Å². The molecule has 14 heavy (non-hydrogen) atoms. The van der Waals surface area contributed by atoms with E-state index in [9.17, 15) is 0 Å². The van der Waals surface area contributed by atoms with Crippen molar-refractivity contribution in [2.75, 3.05) is 13.1 Å². The fourth-order valence-corrected chi connectivity index (χ4v) is 2.61. The summed E-state index contributed by atoms with van der Waals surface area (Å²) in [7, 11) is 0. The van der Waals surface area contributed by atoms with E-state index in [4.69, 9.17) is 0 Å². The van der Waals surface area contributed by atoms with Crippen LogP contribution in [0, 0.1) is 0 Å². The first-order valence-corrected chi connectivity index (χ1v) is 6.09. The van der Waals surface area contributed by atoms with Gasteiger partial charge in [-0.2, -0.15) is 0 Å². The topological polar surface area (TPSA) is 12.0 Å². The van der Waals surface area contributed by atoms with E-state index in [0.717, 1.165) is 18.9 Å². The van der Waals surface area contributed by atoms with Gasteiger partial charge in [-0.05, 0) is 48.6 Å². The molecule has 0 saturated carbocycles. The highest BCUT2D eigenvalue weighted by Crippen LogP contribution is 2.26. The molecule has 1 N–H and O–H groups in total. The van der Waals surface area contributed by atoms with Crippen molar-refractivity contribution in [1.29, 1.82) is 0 Å². The van der Waals surface area contributed by atoms with Crippen molar-refractivity contribution in [3.8, 4) is 0 Å². The number of hydrogen-bond donors (Lipinski definition) is 1. The smallest absolute Gasteiger partial charge is 0.0180 e. The van der Waals surface area contributed by atoms with Crippen LogP contribution in [-0.2, 0) is 6.42 Å². The van der Waals surface area contributed by atoms with E-state index in [0.29, 0.717) is 0 Å². The molecule has 1 fully saturated rings. The van der Waals surface area contributed by atoms with Crippen LogP contribution in [-0.4, -0.2) is 13.1 Å². The van der Waals surface area contributed by atoms with Gasteiger partial charge in [-0.25, -0.2) is 0 Å². The molecule has 1 aromatic rings. The lowest BCUT2D eigenvalue weighted by atomic mass is 9.96.